The Balaban J connectivity index is 1.48. The molecule has 0 radical (unpaired) electrons. The number of aliphatic imine (C=N–C) groups is 1. The van der Waals surface area contributed by atoms with Crippen molar-refractivity contribution in [1.82, 2.24) is 10.2 Å². The molecule has 172 valence electrons. The zero-order valence-corrected chi connectivity index (χ0v) is 18.3. The summed E-state index contributed by atoms with van der Waals surface area (Å²) in [6.07, 6.45) is 4.97. The summed E-state index contributed by atoms with van der Waals surface area (Å²) >= 11 is 0. The molecule has 3 amide bonds. The highest BCUT2D eigenvalue weighted by atomic mass is 19.1. The molecule has 2 heterocycles. The van der Waals surface area contributed by atoms with Gasteiger partial charge >= 0.3 is 6.03 Å². The fraction of sp³-hybridized carbons (Fsp3) is 0.400. The van der Waals surface area contributed by atoms with Gasteiger partial charge in [0.2, 0.25) is 0 Å². The van der Waals surface area contributed by atoms with Crippen molar-refractivity contribution in [3.05, 3.63) is 65.7 Å². The molecule has 1 aliphatic carbocycles. The lowest BCUT2D eigenvalue weighted by molar-refractivity contribution is 0.0700. The van der Waals surface area contributed by atoms with Crippen LogP contribution in [0.3, 0.4) is 0 Å². The smallest absolute Gasteiger partial charge is 0.328 e. The monoisotopic (exact) mass is 452 g/mol. The van der Waals surface area contributed by atoms with Crippen molar-refractivity contribution in [2.45, 2.75) is 50.1 Å². The normalized spacial score (nSPS) is 21.8. The summed E-state index contributed by atoms with van der Waals surface area (Å²) in [6, 6.07) is 11.9. The standard InChI is InChI=1S/C25H26F2N4O2/c26-18-14-19(27)16-21(15-18)31-24(33)29-23(28-20-8-4-5-9-20)25(31)10-12-30(13-11-25)22(32)17-6-2-1-3-7-17/h1-3,6-7,14-16,20H,4-5,8-13H2,(H,28,29,33). The van der Waals surface area contributed by atoms with Gasteiger partial charge in [0.05, 0.1) is 11.7 Å². The average molecular weight is 453 g/mol. The third-order valence-corrected chi connectivity index (χ3v) is 6.94. The Labute approximate surface area is 191 Å². The first-order valence-electron chi connectivity index (χ1n) is 11.5. The van der Waals surface area contributed by atoms with E-state index >= 15 is 0 Å². The van der Waals surface area contributed by atoms with Crippen LogP contribution >= 0.6 is 0 Å². The van der Waals surface area contributed by atoms with E-state index in [-0.39, 0.29) is 17.6 Å². The Hall–Kier alpha value is -3.29. The van der Waals surface area contributed by atoms with Crippen LogP contribution in [0.25, 0.3) is 0 Å². The third kappa shape index (κ3) is 3.98. The van der Waals surface area contributed by atoms with Gasteiger partial charge in [0, 0.05) is 24.7 Å². The molecule has 0 unspecified atom stereocenters. The van der Waals surface area contributed by atoms with E-state index in [9.17, 15) is 18.4 Å². The maximum absolute atomic E-state index is 14.1. The van der Waals surface area contributed by atoms with Crippen LogP contribution in [0.15, 0.2) is 53.5 Å². The van der Waals surface area contributed by atoms with E-state index in [4.69, 9.17) is 4.99 Å². The van der Waals surface area contributed by atoms with E-state index in [1.165, 1.54) is 17.0 Å². The quantitative estimate of drug-likeness (QED) is 0.745. The van der Waals surface area contributed by atoms with Crippen LogP contribution in [0, 0.1) is 11.6 Å². The molecule has 2 aromatic rings. The Morgan fingerprint density at radius 3 is 2.27 bits per heavy atom. The van der Waals surface area contributed by atoms with Gasteiger partial charge in [-0.1, -0.05) is 31.0 Å². The van der Waals surface area contributed by atoms with Crippen LogP contribution in [-0.2, 0) is 0 Å². The second-order valence-corrected chi connectivity index (χ2v) is 9.00. The summed E-state index contributed by atoms with van der Waals surface area (Å²) in [5.74, 6) is -1.01. The third-order valence-electron chi connectivity index (χ3n) is 6.94. The fourth-order valence-electron chi connectivity index (χ4n) is 5.28. The Morgan fingerprint density at radius 1 is 1.00 bits per heavy atom. The highest BCUT2D eigenvalue weighted by Crippen LogP contribution is 2.39. The lowest BCUT2D eigenvalue weighted by atomic mass is 9.84. The van der Waals surface area contributed by atoms with E-state index in [1.54, 1.807) is 17.0 Å². The van der Waals surface area contributed by atoms with Crippen LogP contribution in [0.2, 0.25) is 0 Å². The number of anilines is 1. The summed E-state index contributed by atoms with van der Waals surface area (Å²) in [6.45, 7) is 0.807. The van der Waals surface area contributed by atoms with Gasteiger partial charge in [0.15, 0.2) is 0 Å². The zero-order chi connectivity index (χ0) is 23.0. The molecule has 1 spiro atoms. The van der Waals surface area contributed by atoms with Crippen LogP contribution in [0.4, 0.5) is 19.3 Å². The molecule has 1 saturated carbocycles. The molecule has 8 heteroatoms. The Morgan fingerprint density at radius 2 is 1.64 bits per heavy atom. The van der Waals surface area contributed by atoms with Gasteiger partial charge < -0.3 is 4.90 Å². The van der Waals surface area contributed by atoms with E-state index in [0.717, 1.165) is 31.7 Å². The van der Waals surface area contributed by atoms with Crippen molar-refractivity contribution >= 4 is 23.5 Å². The maximum atomic E-state index is 14.1. The molecular weight excluding hydrogens is 426 g/mol. The van der Waals surface area contributed by atoms with Crippen LogP contribution in [-0.4, -0.2) is 47.3 Å². The van der Waals surface area contributed by atoms with Gasteiger partial charge in [-0.2, -0.15) is 0 Å². The molecule has 5 rings (SSSR count). The van der Waals surface area contributed by atoms with E-state index in [1.807, 2.05) is 18.2 Å². The number of nitrogens with zero attached hydrogens (tertiary/aromatic N) is 3. The number of carbonyl (C=O) groups is 2. The molecule has 6 nitrogen and oxygen atoms in total. The number of benzene rings is 2. The van der Waals surface area contributed by atoms with Gasteiger partial charge in [0.1, 0.15) is 23.0 Å². The van der Waals surface area contributed by atoms with E-state index in [0.29, 0.717) is 37.3 Å². The number of urea groups is 1. The fourth-order valence-corrected chi connectivity index (χ4v) is 5.28. The van der Waals surface area contributed by atoms with E-state index in [2.05, 4.69) is 5.32 Å². The SMILES string of the molecule is O=C(c1ccccc1)N1CCC2(CC1)C(=NC1CCCC1)NC(=O)N2c1cc(F)cc(F)c1. The number of hydrogen-bond acceptors (Lipinski definition) is 3. The molecule has 0 bridgehead atoms. The van der Waals surface area contributed by atoms with Crippen molar-refractivity contribution in [2.75, 3.05) is 18.0 Å². The molecule has 0 atom stereocenters. The molecule has 3 fully saturated rings. The predicted molar refractivity (Wildman–Crippen MR) is 121 cm³/mol. The summed E-state index contributed by atoms with van der Waals surface area (Å²) in [4.78, 5) is 34.2. The number of carbonyl (C=O) groups excluding carboxylic acids is 2. The largest absolute Gasteiger partial charge is 0.338 e. The van der Waals surface area contributed by atoms with Gasteiger partial charge in [-0.15, -0.1) is 0 Å². The first-order valence-corrected chi connectivity index (χ1v) is 11.5. The molecule has 2 aliphatic heterocycles. The Kier molecular flexibility index (Phi) is 5.60. The number of halogens is 2. The number of likely N-dealkylation sites (tertiary alicyclic amines) is 1. The summed E-state index contributed by atoms with van der Waals surface area (Å²) in [7, 11) is 0. The van der Waals surface area contributed by atoms with Crippen LogP contribution in [0.1, 0.15) is 48.9 Å². The highest BCUT2D eigenvalue weighted by molar-refractivity contribution is 6.19. The Bertz CT molecular complexity index is 1070. The summed E-state index contributed by atoms with van der Waals surface area (Å²) < 4.78 is 28.1. The van der Waals surface area contributed by atoms with Crippen molar-refractivity contribution in [3.8, 4) is 0 Å². The van der Waals surface area contributed by atoms with Crippen LogP contribution < -0.4 is 10.2 Å². The number of hydrogen-bond donors (Lipinski definition) is 1. The molecule has 33 heavy (non-hydrogen) atoms. The highest BCUT2D eigenvalue weighted by Gasteiger charge is 2.53. The zero-order valence-electron chi connectivity index (χ0n) is 18.3. The van der Waals surface area contributed by atoms with Crippen molar-refractivity contribution < 1.29 is 18.4 Å². The first-order chi connectivity index (χ1) is 16.0. The van der Waals surface area contributed by atoms with Gasteiger partial charge in [0.25, 0.3) is 5.91 Å². The van der Waals surface area contributed by atoms with Gasteiger partial charge in [-0.05, 0) is 49.9 Å². The lowest BCUT2D eigenvalue weighted by Crippen LogP contribution is -2.58. The summed E-state index contributed by atoms with van der Waals surface area (Å²) in [5, 5.41) is 2.89. The minimum Gasteiger partial charge on any atom is -0.338 e. The van der Waals surface area contributed by atoms with E-state index < -0.39 is 23.2 Å². The second kappa shape index (κ2) is 8.57. The molecule has 0 aromatic heterocycles. The predicted octanol–water partition coefficient (Wildman–Crippen LogP) is 4.51. The number of amidine groups is 1. The van der Waals surface area contributed by atoms with Crippen LogP contribution in [0.5, 0.6) is 0 Å². The minimum atomic E-state index is -0.868. The summed E-state index contributed by atoms with van der Waals surface area (Å²) in [5.41, 5.74) is -0.102. The van der Waals surface area contributed by atoms with Crippen molar-refractivity contribution in [1.29, 1.82) is 0 Å². The first kappa shape index (κ1) is 21.6. The average Bonchev–Trinajstić information content (AvgIpc) is 3.40. The number of piperidine rings is 1. The van der Waals surface area contributed by atoms with Gasteiger partial charge in [-0.25, -0.2) is 13.6 Å². The molecule has 2 aromatic carbocycles. The topological polar surface area (TPSA) is 65.0 Å². The number of amides is 3. The van der Waals surface area contributed by atoms with Crippen molar-refractivity contribution in [3.63, 3.8) is 0 Å². The van der Waals surface area contributed by atoms with Crippen molar-refractivity contribution in [2.24, 2.45) is 4.99 Å². The lowest BCUT2D eigenvalue weighted by Gasteiger charge is -2.43. The molecule has 1 N–H and O–H groups in total. The molecule has 2 saturated heterocycles. The maximum Gasteiger partial charge on any atom is 0.328 e. The molecule has 3 aliphatic rings. The second-order valence-electron chi connectivity index (χ2n) is 9.00. The van der Waals surface area contributed by atoms with Gasteiger partial charge in [-0.3, -0.25) is 20.0 Å². The number of nitrogens with one attached hydrogen (secondary N) is 1. The molecular formula is C25H26F2N4O2. The number of rotatable bonds is 3. The minimum absolute atomic E-state index is 0.0691.